The molecule has 2 aromatic rings. The molecule has 0 radical (unpaired) electrons. The molecule has 0 saturated carbocycles. The summed E-state index contributed by atoms with van der Waals surface area (Å²) in [5.41, 5.74) is 1.85. The van der Waals surface area contributed by atoms with Crippen molar-refractivity contribution in [3.63, 3.8) is 0 Å². The molecule has 0 bridgehead atoms. The molecule has 0 amide bonds. The van der Waals surface area contributed by atoms with Crippen molar-refractivity contribution in [2.45, 2.75) is 13.0 Å². The van der Waals surface area contributed by atoms with Crippen molar-refractivity contribution in [3.05, 3.63) is 48.5 Å². The first-order valence-corrected chi connectivity index (χ1v) is 7.46. The number of nitrogens with one attached hydrogen (secondary N) is 1. The summed E-state index contributed by atoms with van der Waals surface area (Å²) in [6.07, 6.45) is 0. The summed E-state index contributed by atoms with van der Waals surface area (Å²) in [6, 6.07) is 7.30. The van der Waals surface area contributed by atoms with E-state index in [0.717, 1.165) is 11.3 Å². The zero-order valence-corrected chi connectivity index (χ0v) is 13.1. The van der Waals surface area contributed by atoms with Crippen LogP contribution in [0.15, 0.2) is 24.3 Å². The number of hydrogen-bond acceptors (Lipinski definition) is 2. The van der Waals surface area contributed by atoms with Crippen LogP contribution in [-0.4, -0.2) is 0 Å². The highest BCUT2D eigenvalue weighted by atomic mass is 35.5. The van der Waals surface area contributed by atoms with E-state index in [1.54, 1.807) is 12.1 Å². The Morgan fingerprint density at radius 1 is 1.06 bits per heavy atom. The van der Waals surface area contributed by atoms with Crippen molar-refractivity contribution in [2.75, 3.05) is 5.32 Å². The van der Waals surface area contributed by atoms with E-state index < -0.39 is 0 Å². The Kier molecular flexibility index (Phi) is 4.68. The molecule has 0 saturated heterocycles. The van der Waals surface area contributed by atoms with Crippen LogP contribution < -0.4 is 5.32 Å². The van der Waals surface area contributed by atoms with Crippen molar-refractivity contribution in [1.29, 1.82) is 0 Å². The Morgan fingerprint density at radius 2 is 1.78 bits per heavy atom. The minimum atomic E-state index is 0.0403. The molecule has 96 valence electrons. The average Bonchev–Trinajstić information content (AvgIpc) is 2.63. The zero-order chi connectivity index (χ0) is 13.3. The van der Waals surface area contributed by atoms with Gasteiger partial charge in [-0.15, -0.1) is 11.3 Å². The van der Waals surface area contributed by atoms with Crippen LogP contribution in [0.1, 0.15) is 18.5 Å². The number of halogens is 4. The van der Waals surface area contributed by atoms with Gasteiger partial charge in [-0.1, -0.05) is 46.4 Å². The molecule has 1 nitrogen and oxygen atoms in total. The standard InChI is InChI=1S/C12H9Cl4NS/c1-6(8-5-11(15)18-12(8)16)17-7-2-3-9(13)10(14)4-7/h2-6,17H,1H3. The van der Waals surface area contributed by atoms with E-state index in [1.807, 2.05) is 19.1 Å². The van der Waals surface area contributed by atoms with E-state index in [9.17, 15) is 0 Å². The molecule has 1 aromatic carbocycles. The first-order chi connectivity index (χ1) is 8.47. The molecule has 0 fully saturated rings. The fourth-order valence-corrected chi connectivity index (χ4v) is 3.51. The summed E-state index contributed by atoms with van der Waals surface area (Å²) >= 11 is 25.2. The van der Waals surface area contributed by atoms with E-state index in [4.69, 9.17) is 46.4 Å². The third-order valence-corrected chi connectivity index (χ3v) is 4.71. The van der Waals surface area contributed by atoms with Gasteiger partial charge in [0, 0.05) is 11.3 Å². The highest BCUT2D eigenvalue weighted by Crippen LogP contribution is 2.36. The molecule has 0 aliphatic heterocycles. The fraction of sp³-hybridized carbons (Fsp3) is 0.167. The van der Waals surface area contributed by atoms with Gasteiger partial charge in [-0.2, -0.15) is 0 Å². The predicted octanol–water partition coefficient (Wildman–Crippen LogP) is 6.53. The molecule has 1 N–H and O–H groups in total. The molecule has 1 aromatic heterocycles. The maximum absolute atomic E-state index is 6.11. The second-order valence-corrected chi connectivity index (χ2v) is 6.87. The summed E-state index contributed by atoms with van der Waals surface area (Å²) in [6.45, 7) is 2.01. The van der Waals surface area contributed by atoms with Crippen LogP contribution in [0.3, 0.4) is 0 Å². The Hall–Kier alpha value is -0.120. The lowest BCUT2D eigenvalue weighted by Gasteiger charge is -2.15. The lowest BCUT2D eigenvalue weighted by Crippen LogP contribution is -2.05. The van der Waals surface area contributed by atoms with Gasteiger partial charge in [-0.05, 0) is 31.2 Å². The lowest BCUT2D eigenvalue weighted by molar-refractivity contribution is 0.891. The van der Waals surface area contributed by atoms with Gasteiger partial charge in [0.25, 0.3) is 0 Å². The number of benzene rings is 1. The van der Waals surface area contributed by atoms with Gasteiger partial charge in [0.05, 0.1) is 24.8 Å². The fourth-order valence-electron chi connectivity index (χ4n) is 1.56. The first-order valence-electron chi connectivity index (χ1n) is 5.13. The van der Waals surface area contributed by atoms with Gasteiger partial charge in [-0.25, -0.2) is 0 Å². The third kappa shape index (κ3) is 3.25. The van der Waals surface area contributed by atoms with Gasteiger partial charge in [0.15, 0.2) is 0 Å². The van der Waals surface area contributed by atoms with Gasteiger partial charge in [0.2, 0.25) is 0 Å². The molecule has 18 heavy (non-hydrogen) atoms. The highest BCUT2D eigenvalue weighted by Gasteiger charge is 2.13. The normalized spacial score (nSPS) is 12.5. The SMILES string of the molecule is CC(Nc1ccc(Cl)c(Cl)c1)c1cc(Cl)sc1Cl. The Morgan fingerprint density at radius 3 is 2.33 bits per heavy atom. The molecular weight excluding hydrogens is 332 g/mol. The zero-order valence-electron chi connectivity index (χ0n) is 9.31. The maximum atomic E-state index is 6.11. The maximum Gasteiger partial charge on any atom is 0.0996 e. The predicted molar refractivity (Wildman–Crippen MR) is 82.8 cm³/mol. The van der Waals surface area contributed by atoms with Crippen LogP contribution in [0.5, 0.6) is 0 Å². The van der Waals surface area contributed by atoms with Gasteiger partial charge >= 0.3 is 0 Å². The van der Waals surface area contributed by atoms with Crippen LogP contribution in [0.25, 0.3) is 0 Å². The lowest BCUT2D eigenvalue weighted by atomic mass is 10.1. The van der Waals surface area contributed by atoms with Gasteiger partial charge < -0.3 is 5.32 Å². The molecule has 2 rings (SSSR count). The molecule has 0 aliphatic rings. The minimum Gasteiger partial charge on any atom is -0.378 e. The summed E-state index contributed by atoms with van der Waals surface area (Å²) in [5.74, 6) is 0. The third-order valence-electron chi connectivity index (χ3n) is 2.45. The monoisotopic (exact) mass is 339 g/mol. The topological polar surface area (TPSA) is 12.0 Å². The summed E-state index contributed by atoms with van der Waals surface area (Å²) < 4.78 is 1.37. The van der Waals surface area contributed by atoms with Crippen molar-refractivity contribution < 1.29 is 0 Å². The van der Waals surface area contributed by atoms with Crippen LogP contribution in [0, 0.1) is 0 Å². The van der Waals surface area contributed by atoms with Crippen molar-refractivity contribution >= 4 is 63.4 Å². The summed E-state index contributed by atoms with van der Waals surface area (Å²) in [4.78, 5) is 0. The van der Waals surface area contributed by atoms with E-state index in [-0.39, 0.29) is 6.04 Å². The first kappa shape index (κ1) is 14.3. The molecule has 1 unspecified atom stereocenters. The van der Waals surface area contributed by atoms with E-state index >= 15 is 0 Å². The second-order valence-electron chi connectivity index (χ2n) is 3.77. The van der Waals surface area contributed by atoms with Crippen molar-refractivity contribution in [3.8, 4) is 0 Å². The van der Waals surface area contributed by atoms with Gasteiger partial charge in [0.1, 0.15) is 0 Å². The van der Waals surface area contributed by atoms with Crippen molar-refractivity contribution in [1.82, 2.24) is 0 Å². The molecule has 6 heteroatoms. The molecule has 0 aliphatic carbocycles. The number of hydrogen-bond donors (Lipinski definition) is 1. The number of thiophene rings is 1. The summed E-state index contributed by atoms with van der Waals surface area (Å²) in [5, 5.41) is 4.35. The van der Waals surface area contributed by atoms with E-state index in [2.05, 4.69) is 5.32 Å². The van der Waals surface area contributed by atoms with E-state index in [0.29, 0.717) is 18.7 Å². The number of rotatable bonds is 3. The quantitative estimate of drug-likeness (QED) is 0.669. The van der Waals surface area contributed by atoms with Crippen LogP contribution >= 0.6 is 57.7 Å². The average molecular weight is 341 g/mol. The molecular formula is C12H9Cl4NS. The van der Waals surface area contributed by atoms with E-state index in [1.165, 1.54) is 11.3 Å². The largest absolute Gasteiger partial charge is 0.378 e. The molecule has 1 heterocycles. The van der Waals surface area contributed by atoms with Crippen LogP contribution in [-0.2, 0) is 0 Å². The highest BCUT2D eigenvalue weighted by molar-refractivity contribution is 7.20. The Balaban J connectivity index is 2.18. The van der Waals surface area contributed by atoms with Crippen molar-refractivity contribution in [2.24, 2.45) is 0 Å². The number of anilines is 1. The molecule has 1 atom stereocenters. The molecule has 0 spiro atoms. The smallest absolute Gasteiger partial charge is 0.0996 e. The van der Waals surface area contributed by atoms with Gasteiger partial charge in [-0.3, -0.25) is 0 Å². The summed E-state index contributed by atoms with van der Waals surface area (Å²) in [7, 11) is 0. The minimum absolute atomic E-state index is 0.0403. The Bertz CT molecular complexity index is 567. The van der Waals surface area contributed by atoms with Crippen LogP contribution in [0.2, 0.25) is 18.7 Å². The van der Waals surface area contributed by atoms with Crippen LogP contribution in [0.4, 0.5) is 5.69 Å². The second kappa shape index (κ2) is 5.89. The Labute approximate surface area is 130 Å².